The lowest BCUT2D eigenvalue weighted by atomic mass is 10.2. The van der Waals surface area contributed by atoms with E-state index in [1.165, 1.54) is 51.4 Å². The molecule has 0 aromatic heterocycles. The minimum atomic E-state index is -0.553. The monoisotopic (exact) mass is 259 g/mol. The summed E-state index contributed by atoms with van der Waals surface area (Å²) in [5, 5.41) is 0. The molecule has 0 aliphatic heterocycles. The van der Waals surface area contributed by atoms with Crippen LogP contribution in [0.15, 0.2) is 0 Å². The molecule has 0 saturated heterocycles. The second kappa shape index (κ2) is 11.5. The minimum Gasteiger partial charge on any atom is -0.0654 e. The quantitative estimate of drug-likeness (QED) is 0.289. The predicted molar refractivity (Wildman–Crippen MR) is 86.0 cm³/mol. The summed E-state index contributed by atoms with van der Waals surface area (Å²) in [5.41, 5.74) is 0. The van der Waals surface area contributed by atoms with E-state index in [-0.39, 0.29) is 0 Å². The van der Waals surface area contributed by atoms with Crippen LogP contribution in [-0.2, 0) is 0 Å². The summed E-state index contributed by atoms with van der Waals surface area (Å²) in [4.78, 5) is 0. The zero-order valence-electron chi connectivity index (χ0n) is 12.9. The number of hydrogen-bond donors (Lipinski definition) is 0. The summed E-state index contributed by atoms with van der Waals surface area (Å²) in [6.07, 6.45) is 17.9. The van der Waals surface area contributed by atoms with Crippen molar-refractivity contribution in [3.8, 4) is 0 Å². The molecule has 104 valence electrons. The molecule has 0 aliphatic carbocycles. The Morgan fingerprint density at radius 1 is 0.471 bits per heavy atom. The van der Waals surface area contributed by atoms with Crippen LogP contribution in [0.2, 0.25) is 0 Å². The van der Waals surface area contributed by atoms with E-state index in [1.54, 1.807) is 24.6 Å². The molecule has 1 heteroatoms. The first-order valence-corrected chi connectivity index (χ1v) is 10.6. The first-order valence-electron chi connectivity index (χ1n) is 8.09. The second-order valence-electron chi connectivity index (χ2n) is 5.65. The topological polar surface area (TPSA) is 0 Å². The first-order chi connectivity index (χ1) is 8.24. The maximum Gasteiger partial charge on any atom is 0.0594 e. The summed E-state index contributed by atoms with van der Waals surface area (Å²) < 4.78 is 0. The van der Waals surface area contributed by atoms with Crippen molar-refractivity contribution >= 4 is 7.26 Å². The third-order valence-corrected chi connectivity index (χ3v) is 9.19. The minimum absolute atomic E-state index is 0.553. The summed E-state index contributed by atoms with van der Waals surface area (Å²) in [5.74, 6) is 0. The molecule has 17 heavy (non-hydrogen) atoms. The molecule has 0 amide bonds. The van der Waals surface area contributed by atoms with E-state index < -0.39 is 7.26 Å². The molecule has 0 radical (unpaired) electrons. The Balaban J connectivity index is 4.20. The maximum absolute atomic E-state index is 2.39. The normalized spacial score (nSPS) is 12.0. The van der Waals surface area contributed by atoms with Crippen molar-refractivity contribution < 1.29 is 0 Å². The number of rotatable bonds is 12. The van der Waals surface area contributed by atoms with Gasteiger partial charge in [-0.2, -0.15) is 0 Å². The van der Waals surface area contributed by atoms with Crippen molar-refractivity contribution in [2.75, 3.05) is 24.6 Å². The summed E-state index contributed by atoms with van der Waals surface area (Å²) in [6, 6.07) is 0. The molecule has 0 unspecified atom stereocenters. The van der Waals surface area contributed by atoms with Crippen LogP contribution in [0.3, 0.4) is 0 Å². The molecule has 0 spiro atoms. The average Bonchev–Trinajstić information content (AvgIpc) is 2.33. The fraction of sp³-hybridized carbons (Fsp3) is 1.00. The van der Waals surface area contributed by atoms with Crippen LogP contribution in [0.5, 0.6) is 0 Å². The van der Waals surface area contributed by atoms with Gasteiger partial charge >= 0.3 is 0 Å². The maximum atomic E-state index is 2.39. The van der Waals surface area contributed by atoms with E-state index >= 15 is 0 Å². The largest absolute Gasteiger partial charge is 0.0654 e. The molecule has 0 fully saturated rings. The third-order valence-electron chi connectivity index (χ3n) is 3.87. The summed E-state index contributed by atoms with van der Waals surface area (Å²) in [7, 11) is -0.553. The van der Waals surface area contributed by atoms with Gasteiger partial charge in [0.2, 0.25) is 0 Å². The highest BCUT2D eigenvalue weighted by Gasteiger charge is 2.33. The summed E-state index contributed by atoms with van der Waals surface area (Å²) in [6.45, 7) is 9.45. The fourth-order valence-electron chi connectivity index (χ4n) is 2.99. The van der Waals surface area contributed by atoms with Gasteiger partial charge in [-0.15, -0.1) is 0 Å². The van der Waals surface area contributed by atoms with Crippen LogP contribution in [-0.4, -0.2) is 24.6 Å². The van der Waals surface area contributed by atoms with Crippen molar-refractivity contribution in [1.29, 1.82) is 0 Å². The highest BCUT2D eigenvalue weighted by molar-refractivity contribution is 7.75. The zero-order valence-corrected chi connectivity index (χ0v) is 13.8. The van der Waals surface area contributed by atoms with Crippen LogP contribution >= 0.6 is 7.26 Å². The SMILES string of the molecule is CCCCCC[P+](CCC)(CCC)CCCC. The molecular formula is C16H36P+. The standard InChI is InChI=1S/C16H36P/c1-5-9-11-12-16-17(13-7-3,14-8-4)15-10-6-2/h5-16H2,1-4H3/q+1. The van der Waals surface area contributed by atoms with Crippen LogP contribution < -0.4 is 0 Å². The van der Waals surface area contributed by atoms with E-state index in [2.05, 4.69) is 27.7 Å². The van der Waals surface area contributed by atoms with Gasteiger partial charge in [-0.25, -0.2) is 0 Å². The predicted octanol–water partition coefficient (Wildman–Crippen LogP) is 6.20. The van der Waals surface area contributed by atoms with Gasteiger partial charge in [-0.1, -0.05) is 47.0 Å². The van der Waals surface area contributed by atoms with E-state index in [1.807, 2.05) is 0 Å². The number of unbranched alkanes of at least 4 members (excludes halogenated alkanes) is 4. The first kappa shape index (κ1) is 17.4. The fourth-order valence-corrected chi connectivity index (χ4v) is 8.11. The van der Waals surface area contributed by atoms with Gasteiger partial charge in [0.05, 0.1) is 24.6 Å². The Morgan fingerprint density at radius 2 is 1.00 bits per heavy atom. The van der Waals surface area contributed by atoms with E-state index in [0.29, 0.717) is 0 Å². The van der Waals surface area contributed by atoms with Crippen LogP contribution in [0.25, 0.3) is 0 Å². The van der Waals surface area contributed by atoms with Crippen LogP contribution in [0.4, 0.5) is 0 Å². The van der Waals surface area contributed by atoms with E-state index in [4.69, 9.17) is 0 Å². The van der Waals surface area contributed by atoms with Crippen LogP contribution in [0, 0.1) is 0 Å². The Labute approximate surface area is 111 Å². The van der Waals surface area contributed by atoms with Crippen molar-refractivity contribution in [2.24, 2.45) is 0 Å². The Morgan fingerprint density at radius 3 is 1.47 bits per heavy atom. The van der Waals surface area contributed by atoms with Crippen molar-refractivity contribution in [1.82, 2.24) is 0 Å². The zero-order chi connectivity index (χ0) is 13.0. The molecule has 0 aromatic rings. The molecule has 0 aliphatic rings. The Hall–Kier alpha value is 0.430. The van der Waals surface area contributed by atoms with Gasteiger partial charge in [-0.05, 0) is 32.1 Å². The molecule has 0 bridgehead atoms. The lowest BCUT2D eigenvalue weighted by molar-refractivity contribution is 0.701. The molecule has 0 atom stereocenters. The molecule has 0 nitrogen and oxygen atoms in total. The van der Waals surface area contributed by atoms with Gasteiger partial charge in [0.15, 0.2) is 0 Å². The molecule has 0 saturated carbocycles. The summed E-state index contributed by atoms with van der Waals surface area (Å²) >= 11 is 0. The number of hydrogen-bond acceptors (Lipinski definition) is 0. The van der Waals surface area contributed by atoms with Crippen molar-refractivity contribution in [2.45, 2.75) is 79.1 Å². The highest BCUT2D eigenvalue weighted by Crippen LogP contribution is 2.60. The molecule has 0 N–H and O–H groups in total. The van der Waals surface area contributed by atoms with E-state index in [9.17, 15) is 0 Å². The molecular weight excluding hydrogens is 223 g/mol. The third kappa shape index (κ3) is 8.20. The van der Waals surface area contributed by atoms with Crippen LogP contribution in [0.1, 0.15) is 79.1 Å². The molecule has 0 rings (SSSR count). The average molecular weight is 259 g/mol. The smallest absolute Gasteiger partial charge is 0.0594 e. The lowest BCUT2D eigenvalue weighted by Gasteiger charge is -2.27. The highest BCUT2D eigenvalue weighted by atomic mass is 31.2. The van der Waals surface area contributed by atoms with Crippen molar-refractivity contribution in [3.63, 3.8) is 0 Å². The van der Waals surface area contributed by atoms with Gasteiger partial charge < -0.3 is 0 Å². The Bertz CT molecular complexity index is 148. The van der Waals surface area contributed by atoms with Crippen molar-refractivity contribution in [3.05, 3.63) is 0 Å². The van der Waals surface area contributed by atoms with Gasteiger partial charge in [0, 0.05) is 7.26 Å². The Kier molecular flexibility index (Phi) is 11.8. The molecule has 0 aromatic carbocycles. The second-order valence-corrected chi connectivity index (χ2v) is 10.1. The van der Waals surface area contributed by atoms with Gasteiger partial charge in [0.1, 0.15) is 0 Å². The van der Waals surface area contributed by atoms with E-state index in [0.717, 1.165) is 0 Å². The molecule has 0 heterocycles. The van der Waals surface area contributed by atoms with Gasteiger partial charge in [-0.3, -0.25) is 0 Å². The lowest BCUT2D eigenvalue weighted by Crippen LogP contribution is -2.12. The van der Waals surface area contributed by atoms with Gasteiger partial charge in [0.25, 0.3) is 0 Å².